The first-order chi connectivity index (χ1) is 9.74. The molecule has 0 aliphatic rings. The molecule has 0 heterocycles. The summed E-state index contributed by atoms with van der Waals surface area (Å²) in [7, 11) is 0. The van der Waals surface area contributed by atoms with Crippen molar-refractivity contribution < 1.29 is 0 Å². The molecule has 0 N–H and O–H groups in total. The summed E-state index contributed by atoms with van der Waals surface area (Å²) in [6.07, 6.45) is 20.2. The summed E-state index contributed by atoms with van der Waals surface area (Å²) in [4.78, 5) is 0. The molecule has 0 nitrogen and oxygen atoms in total. The third kappa shape index (κ3) is 13.0. The van der Waals surface area contributed by atoms with Crippen molar-refractivity contribution in [3.8, 4) is 0 Å². The second kappa shape index (κ2) is 15.4. The Hall–Kier alpha value is 0. The molecule has 2 atom stereocenters. The van der Waals surface area contributed by atoms with E-state index in [0.29, 0.717) is 0 Å². The molecule has 0 fully saturated rings. The van der Waals surface area contributed by atoms with Crippen molar-refractivity contribution in [3.05, 3.63) is 0 Å². The minimum atomic E-state index is 0.960. The zero-order chi connectivity index (χ0) is 15.1. The van der Waals surface area contributed by atoms with Gasteiger partial charge in [-0.05, 0) is 11.8 Å². The molecule has 0 aromatic carbocycles. The molecule has 0 saturated carbocycles. The van der Waals surface area contributed by atoms with Crippen LogP contribution in [0.1, 0.15) is 118 Å². The number of rotatable bonds is 15. The Morgan fingerprint density at radius 1 is 0.500 bits per heavy atom. The summed E-state index contributed by atoms with van der Waals surface area (Å²) in [5.74, 6) is 1.98. The highest BCUT2D eigenvalue weighted by molar-refractivity contribution is 4.63. The maximum absolute atomic E-state index is 2.48. The zero-order valence-electron chi connectivity index (χ0n) is 15.1. The Bertz CT molecular complexity index is 173. The van der Waals surface area contributed by atoms with Gasteiger partial charge < -0.3 is 0 Å². The van der Waals surface area contributed by atoms with E-state index in [9.17, 15) is 0 Å². The van der Waals surface area contributed by atoms with Gasteiger partial charge in [-0.3, -0.25) is 0 Å². The summed E-state index contributed by atoms with van der Waals surface area (Å²) in [5.41, 5.74) is 0. The monoisotopic (exact) mass is 282 g/mol. The Labute approximate surface area is 130 Å². The highest BCUT2D eigenvalue weighted by Gasteiger charge is 2.10. The van der Waals surface area contributed by atoms with E-state index in [1.807, 2.05) is 0 Å². The Morgan fingerprint density at radius 3 is 1.65 bits per heavy atom. The predicted octanol–water partition coefficient (Wildman–Crippen LogP) is 7.76. The molecule has 0 aromatic rings. The topological polar surface area (TPSA) is 0 Å². The second-order valence-electron chi connectivity index (χ2n) is 7.04. The van der Waals surface area contributed by atoms with Crippen LogP contribution in [0.4, 0.5) is 0 Å². The predicted molar refractivity (Wildman–Crippen MR) is 94.3 cm³/mol. The minimum Gasteiger partial charge on any atom is -0.0654 e. The van der Waals surface area contributed by atoms with Crippen molar-refractivity contribution in [2.45, 2.75) is 118 Å². The van der Waals surface area contributed by atoms with Crippen LogP contribution in [0.25, 0.3) is 0 Å². The molecule has 0 bridgehead atoms. The van der Waals surface area contributed by atoms with E-state index in [1.165, 1.54) is 89.9 Å². The van der Waals surface area contributed by atoms with Crippen molar-refractivity contribution in [3.63, 3.8) is 0 Å². The van der Waals surface area contributed by atoms with E-state index in [-0.39, 0.29) is 0 Å². The fourth-order valence-corrected chi connectivity index (χ4v) is 3.29. The van der Waals surface area contributed by atoms with Gasteiger partial charge in [0.05, 0.1) is 0 Å². The van der Waals surface area contributed by atoms with Gasteiger partial charge in [0, 0.05) is 0 Å². The third-order valence-electron chi connectivity index (χ3n) is 4.78. The van der Waals surface area contributed by atoms with Crippen LogP contribution in [0.3, 0.4) is 0 Å². The van der Waals surface area contributed by atoms with Crippen molar-refractivity contribution in [2.24, 2.45) is 11.8 Å². The maximum atomic E-state index is 2.48. The van der Waals surface area contributed by atoms with Gasteiger partial charge in [-0.1, -0.05) is 118 Å². The quantitative estimate of drug-likeness (QED) is 0.269. The molecule has 0 aliphatic carbocycles. The van der Waals surface area contributed by atoms with Crippen molar-refractivity contribution in [2.75, 3.05) is 0 Å². The Kier molecular flexibility index (Phi) is 15.4. The van der Waals surface area contributed by atoms with Crippen LogP contribution in [0.5, 0.6) is 0 Å². The van der Waals surface area contributed by atoms with Crippen LogP contribution in [0.2, 0.25) is 0 Å². The normalized spacial score (nSPS) is 14.4. The first-order valence-electron chi connectivity index (χ1n) is 9.74. The molecule has 0 spiro atoms. The number of hydrogen-bond donors (Lipinski definition) is 0. The van der Waals surface area contributed by atoms with Gasteiger partial charge in [0.1, 0.15) is 0 Å². The lowest BCUT2D eigenvalue weighted by molar-refractivity contribution is 0.343. The average Bonchev–Trinajstić information content (AvgIpc) is 2.45. The lowest BCUT2D eigenvalue weighted by atomic mass is 9.87. The molecular weight excluding hydrogens is 240 g/mol. The van der Waals surface area contributed by atoms with E-state index in [4.69, 9.17) is 0 Å². The lowest BCUT2D eigenvalue weighted by Crippen LogP contribution is -2.04. The Balaban J connectivity index is 3.65. The van der Waals surface area contributed by atoms with E-state index in [0.717, 1.165) is 11.8 Å². The second-order valence-corrected chi connectivity index (χ2v) is 7.04. The van der Waals surface area contributed by atoms with E-state index >= 15 is 0 Å². The first-order valence-corrected chi connectivity index (χ1v) is 9.74. The van der Waals surface area contributed by atoms with Crippen LogP contribution in [-0.4, -0.2) is 0 Å². The van der Waals surface area contributed by atoms with E-state index < -0.39 is 0 Å². The molecule has 20 heavy (non-hydrogen) atoms. The zero-order valence-corrected chi connectivity index (χ0v) is 15.1. The van der Waals surface area contributed by atoms with Crippen molar-refractivity contribution in [1.29, 1.82) is 0 Å². The SMILES string of the molecule is CCCCCCC(C)CCC(CCC)CCCCCC. The van der Waals surface area contributed by atoms with Crippen LogP contribution in [0.15, 0.2) is 0 Å². The maximum Gasteiger partial charge on any atom is -0.0414 e. The average molecular weight is 283 g/mol. The summed E-state index contributed by atoms with van der Waals surface area (Å²) in [6.45, 7) is 9.44. The molecule has 0 saturated heterocycles. The number of hydrogen-bond acceptors (Lipinski definition) is 0. The summed E-state index contributed by atoms with van der Waals surface area (Å²) in [6, 6.07) is 0. The van der Waals surface area contributed by atoms with Crippen LogP contribution in [0, 0.1) is 11.8 Å². The van der Waals surface area contributed by atoms with Gasteiger partial charge in [0.25, 0.3) is 0 Å². The van der Waals surface area contributed by atoms with Gasteiger partial charge >= 0.3 is 0 Å². The van der Waals surface area contributed by atoms with Crippen LogP contribution < -0.4 is 0 Å². The largest absolute Gasteiger partial charge is 0.0654 e. The van der Waals surface area contributed by atoms with Gasteiger partial charge in [-0.25, -0.2) is 0 Å². The molecular formula is C20H42. The molecule has 0 rings (SSSR count). The minimum absolute atomic E-state index is 0.960. The van der Waals surface area contributed by atoms with Crippen LogP contribution >= 0.6 is 0 Å². The summed E-state index contributed by atoms with van der Waals surface area (Å²) in [5, 5.41) is 0. The molecule has 0 aromatic heterocycles. The van der Waals surface area contributed by atoms with E-state index in [1.54, 1.807) is 0 Å². The fourth-order valence-electron chi connectivity index (χ4n) is 3.29. The molecule has 0 amide bonds. The molecule has 0 aliphatic heterocycles. The molecule has 122 valence electrons. The first kappa shape index (κ1) is 20.0. The summed E-state index contributed by atoms with van der Waals surface area (Å²) < 4.78 is 0. The van der Waals surface area contributed by atoms with Gasteiger partial charge in [0.2, 0.25) is 0 Å². The fraction of sp³-hybridized carbons (Fsp3) is 1.00. The number of unbranched alkanes of at least 4 members (excludes halogenated alkanes) is 6. The van der Waals surface area contributed by atoms with E-state index in [2.05, 4.69) is 27.7 Å². The Morgan fingerprint density at radius 2 is 1.10 bits per heavy atom. The van der Waals surface area contributed by atoms with Crippen molar-refractivity contribution in [1.82, 2.24) is 0 Å². The third-order valence-corrected chi connectivity index (χ3v) is 4.78. The highest BCUT2D eigenvalue weighted by Crippen LogP contribution is 2.25. The molecule has 0 radical (unpaired) electrons. The highest BCUT2D eigenvalue weighted by atomic mass is 14.2. The van der Waals surface area contributed by atoms with Crippen LogP contribution in [-0.2, 0) is 0 Å². The van der Waals surface area contributed by atoms with Crippen molar-refractivity contribution >= 4 is 0 Å². The lowest BCUT2D eigenvalue weighted by Gasteiger charge is -2.19. The standard InChI is InChI=1S/C20H42/c1-5-8-10-12-15-19(4)17-18-20(14-7-3)16-13-11-9-6-2/h19-20H,5-18H2,1-4H3. The summed E-state index contributed by atoms with van der Waals surface area (Å²) >= 11 is 0. The van der Waals surface area contributed by atoms with Gasteiger partial charge in [0.15, 0.2) is 0 Å². The molecule has 0 heteroatoms. The smallest absolute Gasteiger partial charge is 0.0414 e. The van der Waals surface area contributed by atoms with Gasteiger partial charge in [-0.15, -0.1) is 0 Å². The molecule has 2 unspecified atom stereocenters. The van der Waals surface area contributed by atoms with Gasteiger partial charge in [-0.2, -0.15) is 0 Å².